The minimum absolute atomic E-state index is 0.309. The smallest absolute Gasteiger partial charge is 0.363 e. The average molecular weight is 320 g/mol. The Balaban J connectivity index is 1.86. The number of hydrazine groups is 1. The van der Waals surface area contributed by atoms with E-state index in [4.69, 9.17) is 10.6 Å². The fraction of sp³-hybridized carbons (Fsp3) is 0.214. The summed E-state index contributed by atoms with van der Waals surface area (Å²) in [6.07, 6.45) is 0.646. The number of rotatable bonds is 5. The Morgan fingerprint density at radius 1 is 1.32 bits per heavy atom. The summed E-state index contributed by atoms with van der Waals surface area (Å²) in [5.74, 6) is 4.93. The fourth-order valence-electron chi connectivity index (χ4n) is 1.71. The van der Waals surface area contributed by atoms with Gasteiger partial charge in [-0.25, -0.2) is 20.4 Å². The molecule has 0 aliphatic heterocycles. The maximum Gasteiger partial charge on any atom is 0.363 e. The van der Waals surface area contributed by atoms with Crippen LogP contribution in [0.2, 0.25) is 0 Å². The van der Waals surface area contributed by atoms with Crippen molar-refractivity contribution in [1.82, 2.24) is 15.7 Å². The fourth-order valence-corrected chi connectivity index (χ4v) is 2.29. The number of nitrogens with zero attached hydrogens (tertiary/aromatic N) is 1. The van der Waals surface area contributed by atoms with Gasteiger partial charge in [-0.1, -0.05) is 12.1 Å². The number of aryl methyl sites for hydroxylation is 1. The molecule has 7 nitrogen and oxygen atoms in total. The summed E-state index contributed by atoms with van der Waals surface area (Å²) in [6, 6.07) is 6.64. The summed E-state index contributed by atoms with van der Waals surface area (Å²) in [7, 11) is 0. The number of carbonyl (C=O) groups is 2. The number of nitrogens with one attached hydrogen (secondary N) is 2. The van der Waals surface area contributed by atoms with Crippen LogP contribution in [-0.4, -0.2) is 23.5 Å². The van der Waals surface area contributed by atoms with E-state index in [9.17, 15) is 9.59 Å². The van der Waals surface area contributed by atoms with Gasteiger partial charge in [-0.15, -0.1) is 11.3 Å². The van der Waals surface area contributed by atoms with Crippen LogP contribution in [0.25, 0.3) is 0 Å². The predicted octanol–water partition coefficient (Wildman–Crippen LogP) is 1.39. The Hall–Kier alpha value is -2.45. The number of thiazole rings is 1. The van der Waals surface area contributed by atoms with E-state index in [1.807, 2.05) is 24.5 Å². The number of ether oxygens (including phenoxy) is 1. The van der Waals surface area contributed by atoms with Crippen LogP contribution in [0, 0.1) is 6.92 Å². The largest absolute Gasteiger partial charge is 0.422 e. The maximum absolute atomic E-state index is 11.8. The van der Waals surface area contributed by atoms with Gasteiger partial charge >= 0.3 is 12.0 Å². The zero-order valence-corrected chi connectivity index (χ0v) is 12.8. The van der Waals surface area contributed by atoms with Gasteiger partial charge in [0.05, 0.1) is 5.01 Å². The van der Waals surface area contributed by atoms with Crippen molar-refractivity contribution in [2.24, 2.45) is 5.84 Å². The first-order chi connectivity index (χ1) is 10.6. The third kappa shape index (κ3) is 4.54. The van der Waals surface area contributed by atoms with Gasteiger partial charge in [-0.2, -0.15) is 0 Å². The monoisotopic (exact) mass is 320 g/mol. The minimum Gasteiger partial charge on any atom is -0.422 e. The van der Waals surface area contributed by atoms with E-state index in [0.717, 1.165) is 10.6 Å². The molecule has 116 valence electrons. The maximum atomic E-state index is 11.8. The molecule has 1 aromatic heterocycles. The first kappa shape index (κ1) is 15.9. The third-order valence-corrected chi connectivity index (χ3v) is 3.57. The molecule has 0 unspecified atom stereocenters. The molecular weight excluding hydrogens is 304 g/mol. The highest BCUT2D eigenvalue weighted by Gasteiger charge is 2.11. The molecule has 0 spiro atoms. The lowest BCUT2D eigenvalue weighted by Gasteiger charge is -2.06. The normalized spacial score (nSPS) is 10.1. The molecule has 4 N–H and O–H groups in total. The predicted molar refractivity (Wildman–Crippen MR) is 82.7 cm³/mol. The molecule has 2 amide bonds. The van der Waals surface area contributed by atoms with Gasteiger partial charge in [-0.05, 0) is 31.0 Å². The first-order valence-electron chi connectivity index (χ1n) is 6.56. The van der Waals surface area contributed by atoms with E-state index in [0.29, 0.717) is 24.4 Å². The second kappa shape index (κ2) is 7.53. The zero-order valence-electron chi connectivity index (χ0n) is 12.0. The number of hydrogen-bond acceptors (Lipinski definition) is 6. The molecule has 0 radical (unpaired) electrons. The zero-order chi connectivity index (χ0) is 15.9. The van der Waals surface area contributed by atoms with Crippen LogP contribution in [0.15, 0.2) is 29.6 Å². The van der Waals surface area contributed by atoms with E-state index >= 15 is 0 Å². The van der Waals surface area contributed by atoms with Crippen LogP contribution in [0.1, 0.15) is 21.1 Å². The van der Waals surface area contributed by atoms with Crippen LogP contribution in [-0.2, 0) is 6.42 Å². The number of urea groups is 1. The van der Waals surface area contributed by atoms with Crippen LogP contribution in [0.5, 0.6) is 5.75 Å². The van der Waals surface area contributed by atoms with Crippen molar-refractivity contribution >= 4 is 23.3 Å². The molecule has 2 aromatic rings. The second-order valence-corrected chi connectivity index (χ2v) is 5.50. The highest BCUT2D eigenvalue weighted by atomic mass is 32.1. The average Bonchev–Trinajstić information content (AvgIpc) is 2.95. The highest BCUT2D eigenvalue weighted by Crippen LogP contribution is 2.15. The van der Waals surface area contributed by atoms with Gasteiger partial charge in [0.1, 0.15) is 5.75 Å². The number of amides is 2. The summed E-state index contributed by atoms with van der Waals surface area (Å²) >= 11 is 1.40. The van der Waals surface area contributed by atoms with E-state index in [1.165, 1.54) is 11.3 Å². The third-order valence-electron chi connectivity index (χ3n) is 2.79. The Kier molecular flexibility index (Phi) is 5.45. The standard InChI is InChI=1S/C14H16N4O3S/c1-9-17-12(8-22-9)13(19)21-11-4-2-10(3-5-11)6-7-16-14(20)18-15/h2-5,8H,6-7,15H2,1H3,(H2,16,18,20). The van der Waals surface area contributed by atoms with Crippen molar-refractivity contribution in [3.8, 4) is 5.75 Å². The van der Waals surface area contributed by atoms with Gasteiger partial charge < -0.3 is 10.1 Å². The molecule has 0 aliphatic rings. The molecule has 0 aliphatic carbocycles. The molecule has 2 rings (SSSR count). The molecule has 1 aromatic carbocycles. The summed E-state index contributed by atoms with van der Waals surface area (Å²) in [5, 5.41) is 5.07. The van der Waals surface area contributed by atoms with Gasteiger partial charge in [0.15, 0.2) is 5.69 Å². The number of hydrogen-bond donors (Lipinski definition) is 3. The summed E-state index contributed by atoms with van der Waals surface area (Å²) < 4.78 is 5.24. The van der Waals surface area contributed by atoms with Crippen molar-refractivity contribution in [2.75, 3.05) is 6.54 Å². The first-order valence-corrected chi connectivity index (χ1v) is 7.44. The molecule has 0 saturated heterocycles. The Morgan fingerprint density at radius 2 is 2.05 bits per heavy atom. The molecular formula is C14H16N4O3S. The lowest BCUT2D eigenvalue weighted by atomic mass is 10.1. The van der Waals surface area contributed by atoms with Crippen molar-refractivity contribution in [3.05, 3.63) is 45.9 Å². The van der Waals surface area contributed by atoms with Crippen LogP contribution in [0.4, 0.5) is 4.79 Å². The van der Waals surface area contributed by atoms with Crippen molar-refractivity contribution < 1.29 is 14.3 Å². The Morgan fingerprint density at radius 3 is 2.64 bits per heavy atom. The van der Waals surface area contributed by atoms with Crippen molar-refractivity contribution in [2.45, 2.75) is 13.3 Å². The molecule has 0 atom stereocenters. The highest BCUT2D eigenvalue weighted by molar-refractivity contribution is 7.09. The van der Waals surface area contributed by atoms with Crippen LogP contribution >= 0.6 is 11.3 Å². The summed E-state index contributed by atoms with van der Waals surface area (Å²) in [4.78, 5) is 26.8. The number of aromatic nitrogens is 1. The molecule has 0 bridgehead atoms. The minimum atomic E-state index is -0.474. The number of carbonyl (C=O) groups excluding carboxylic acids is 2. The van der Waals surface area contributed by atoms with E-state index in [-0.39, 0.29) is 0 Å². The SMILES string of the molecule is Cc1nc(C(=O)Oc2ccc(CCNC(=O)NN)cc2)cs1. The number of benzene rings is 1. The lowest BCUT2D eigenvalue weighted by Crippen LogP contribution is -2.40. The van der Waals surface area contributed by atoms with Gasteiger partial charge in [-0.3, -0.25) is 5.43 Å². The van der Waals surface area contributed by atoms with E-state index < -0.39 is 12.0 Å². The van der Waals surface area contributed by atoms with Crippen molar-refractivity contribution in [1.29, 1.82) is 0 Å². The van der Waals surface area contributed by atoms with Gasteiger partial charge in [0.2, 0.25) is 0 Å². The number of nitrogens with two attached hydrogens (primary N) is 1. The molecule has 22 heavy (non-hydrogen) atoms. The Bertz CT molecular complexity index is 654. The quantitative estimate of drug-likeness (QED) is 0.254. The summed E-state index contributed by atoms with van der Waals surface area (Å²) in [5.41, 5.74) is 3.30. The van der Waals surface area contributed by atoms with Gasteiger partial charge in [0, 0.05) is 11.9 Å². The van der Waals surface area contributed by atoms with Crippen molar-refractivity contribution in [3.63, 3.8) is 0 Å². The summed E-state index contributed by atoms with van der Waals surface area (Å²) in [6.45, 7) is 2.29. The van der Waals surface area contributed by atoms with Crippen LogP contribution < -0.4 is 21.3 Å². The van der Waals surface area contributed by atoms with E-state index in [2.05, 4.69) is 10.3 Å². The lowest BCUT2D eigenvalue weighted by molar-refractivity contribution is 0.0729. The Labute approximate surface area is 131 Å². The van der Waals surface area contributed by atoms with E-state index in [1.54, 1.807) is 17.5 Å². The molecule has 1 heterocycles. The van der Waals surface area contributed by atoms with Gasteiger partial charge in [0.25, 0.3) is 0 Å². The second-order valence-electron chi connectivity index (χ2n) is 4.44. The van der Waals surface area contributed by atoms with Crippen LogP contribution in [0.3, 0.4) is 0 Å². The molecule has 0 fully saturated rings. The number of esters is 1. The topological polar surface area (TPSA) is 106 Å². The molecule has 0 saturated carbocycles. The molecule has 8 heteroatoms.